The van der Waals surface area contributed by atoms with Gasteiger partial charge in [-0.3, -0.25) is 14.9 Å². The van der Waals surface area contributed by atoms with E-state index in [-0.39, 0.29) is 17.5 Å². The van der Waals surface area contributed by atoms with Crippen molar-refractivity contribution in [2.24, 2.45) is 0 Å². The number of para-hydroxylation sites is 1. The molecule has 29 heavy (non-hydrogen) atoms. The third-order valence-corrected chi connectivity index (χ3v) is 6.70. The summed E-state index contributed by atoms with van der Waals surface area (Å²) < 4.78 is 38.5. The average molecular weight is 422 g/mol. The van der Waals surface area contributed by atoms with Crippen molar-refractivity contribution in [3.63, 3.8) is 0 Å². The van der Waals surface area contributed by atoms with Gasteiger partial charge in [-0.25, -0.2) is 8.42 Å². The van der Waals surface area contributed by atoms with Crippen LogP contribution in [0.15, 0.2) is 53.5 Å². The van der Waals surface area contributed by atoms with Gasteiger partial charge in [0.05, 0.1) is 17.6 Å². The zero-order valence-corrected chi connectivity index (χ0v) is 16.7. The highest BCUT2D eigenvalue weighted by molar-refractivity contribution is 7.89. The Labute approximate surface area is 168 Å². The number of hydrogen-bond acceptors (Lipinski definition) is 7. The lowest BCUT2D eigenvalue weighted by Gasteiger charge is -2.27. The lowest BCUT2D eigenvalue weighted by atomic mass is 10.0. The van der Waals surface area contributed by atoms with E-state index in [0.717, 1.165) is 0 Å². The standard InChI is InChI=1S/C19H22N2O7S/c1-14(22)28-16-7-5-11-27-17(13-16)12-15-6-4-10-20(15)29(25,26)19-9-3-2-8-18(19)21(23)24/h2-9,15-17H,10-13H2,1H3/t15-,16-,17+/m1/s1. The highest BCUT2D eigenvalue weighted by Crippen LogP contribution is 2.31. The van der Waals surface area contributed by atoms with Gasteiger partial charge in [-0.05, 0) is 18.6 Å². The minimum absolute atomic E-state index is 0.122. The molecule has 0 aliphatic carbocycles. The molecular weight excluding hydrogens is 400 g/mol. The first-order chi connectivity index (χ1) is 13.8. The van der Waals surface area contributed by atoms with Gasteiger partial charge in [-0.15, -0.1) is 0 Å². The second-order valence-electron chi connectivity index (χ2n) is 6.80. The second kappa shape index (κ2) is 8.85. The van der Waals surface area contributed by atoms with Crippen molar-refractivity contribution in [3.05, 3.63) is 58.7 Å². The van der Waals surface area contributed by atoms with Gasteiger partial charge >= 0.3 is 5.97 Å². The van der Waals surface area contributed by atoms with Gasteiger partial charge < -0.3 is 9.47 Å². The molecule has 1 aromatic rings. The quantitative estimate of drug-likeness (QED) is 0.299. The van der Waals surface area contributed by atoms with Crippen LogP contribution in [0.4, 0.5) is 5.69 Å². The molecule has 0 amide bonds. The Morgan fingerprint density at radius 1 is 1.31 bits per heavy atom. The second-order valence-corrected chi connectivity index (χ2v) is 8.66. The number of benzene rings is 1. The molecule has 2 aliphatic heterocycles. The van der Waals surface area contributed by atoms with Crippen molar-refractivity contribution in [2.45, 2.75) is 42.9 Å². The van der Waals surface area contributed by atoms with Crippen LogP contribution < -0.4 is 0 Å². The number of rotatable bonds is 6. The van der Waals surface area contributed by atoms with E-state index in [0.29, 0.717) is 19.4 Å². The van der Waals surface area contributed by atoms with E-state index in [2.05, 4.69) is 0 Å². The summed E-state index contributed by atoms with van der Waals surface area (Å²) in [5, 5.41) is 11.3. The third kappa shape index (κ3) is 4.89. The van der Waals surface area contributed by atoms with E-state index in [4.69, 9.17) is 9.47 Å². The minimum Gasteiger partial charge on any atom is -0.458 e. The van der Waals surface area contributed by atoms with Gasteiger partial charge in [0.2, 0.25) is 0 Å². The highest BCUT2D eigenvalue weighted by Gasteiger charge is 2.38. The van der Waals surface area contributed by atoms with Gasteiger partial charge in [0.15, 0.2) is 4.90 Å². The lowest BCUT2D eigenvalue weighted by molar-refractivity contribution is -0.387. The fourth-order valence-electron chi connectivity index (χ4n) is 3.52. The zero-order valence-electron chi connectivity index (χ0n) is 15.8. The topological polar surface area (TPSA) is 116 Å². The number of hydrogen-bond donors (Lipinski definition) is 0. The van der Waals surface area contributed by atoms with E-state index >= 15 is 0 Å². The van der Waals surface area contributed by atoms with E-state index in [9.17, 15) is 23.3 Å². The Hall–Kier alpha value is -2.56. The molecule has 156 valence electrons. The molecule has 9 nitrogen and oxygen atoms in total. The first-order valence-corrected chi connectivity index (χ1v) is 10.6. The molecule has 0 unspecified atom stereocenters. The number of carbonyl (C=O) groups is 1. The summed E-state index contributed by atoms with van der Waals surface area (Å²) in [5.74, 6) is -0.401. The number of sulfonamides is 1. The van der Waals surface area contributed by atoms with Crippen molar-refractivity contribution >= 4 is 21.7 Å². The summed E-state index contributed by atoms with van der Waals surface area (Å²) in [7, 11) is -4.08. The van der Waals surface area contributed by atoms with Crippen molar-refractivity contribution < 1.29 is 27.6 Å². The predicted octanol–water partition coefficient (Wildman–Crippen LogP) is 2.19. The van der Waals surface area contributed by atoms with Gasteiger partial charge in [0.25, 0.3) is 15.7 Å². The Balaban J connectivity index is 1.78. The molecule has 0 saturated carbocycles. The fraction of sp³-hybridized carbons (Fsp3) is 0.421. The van der Waals surface area contributed by atoms with Gasteiger partial charge in [-0.1, -0.05) is 30.4 Å². The van der Waals surface area contributed by atoms with E-state index in [1.807, 2.05) is 0 Å². The molecule has 3 rings (SSSR count). The average Bonchev–Trinajstić information content (AvgIpc) is 3.02. The van der Waals surface area contributed by atoms with Crippen LogP contribution in [0.2, 0.25) is 0 Å². The monoisotopic (exact) mass is 422 g/mol. The Bertz CT molecular complexity index is 942. The fourth-order valence-corrected chi connectivity index (χ4v) is 5.22. The zero-order chi connectivity index (χ0) is 21.0. The van der Waals surface area contributed by atoms with Gasteiger partial charge in [0, 0.05) is 32.0 Å². The van der Waals surface area contributed by atoms with Crippen LogP contribution in [0.1, 0.15) is 19.8 Å². The number of nitro benzene ring substituents is 1. The normalized spacial score (nSPS) is 24.9. The number of nitrogens with zero attached hydrogens (tertiary/aromatic N) is 2. The Morgan fingerprint density at radius 2 is 2.07 bits per heavy atom. The molecule has 0 bridgehead atoms. The van der Waals surface area contributed by atoms with Gasteiger partial charge in [0.1, 0.15) is 6.10 Å². The van der Waals surface area contributed by atoms with Crippen molar-refractivity contribution in [1.29, 1.82) is 0 Å². The predicted molar refractivity (Wildman–Crippen MR) is 104 cm³/mol. The molecule has 10 heteroatoms. The van der Waals surface area contributed by atoms with Crippen LogP contribution in [-0.4, -0.2) is 55.0 Å². The molecule has 0 N–H and O–H groups in total. The SMILES string of the molecule is CC(=O)O[C@@H]1C=CCO[C@@H](C[C@H]2C=CCN2S(=O)(=O)c2ccccc2[N+](=O)[O-])C1. The Kier molecular flexibility index (Phi) is 6.46. The van der Waals surface area contributed by atoms with Crippen molar-refractivity contribution in [3.8, 4) is 0 Å². The molecule has 0 spiro atoms. The maximum Gasteiger partial charge on any atom is 0.303 e. The number of carbonyl (C=O) groups excluding carboxylic acids is 1. The molecule has 1 aromatic carbocycles. The molecule has 3 atom stereocenters. The summed E-state index contributed by atoms with van der Waals surface area (Å²) in [6.45, 7) is 1.78. The van der Waals surface area contributed by atoms with E-state index in [1.54, 1.807) is 24.3 Å². The smallest absolute Gasteiger partial charge is 0.303 e. The molecule has 0 aromatic heterocycles. The lowest BCUT2D eigenvalue weighted by Crippen LogP contribution is -2.39. The number of nitro groups is 1. The van der Waals surface area contributed by atoms with Gasteiger partial charge in [-0.2, -0.15) is 4.31 Å². The Morgan fingerprint density at radius 3 is 2.79 bits per heavy atom. The molecule has 0 saturated heterocycles. The first kappa shape index (κ1) is 21.2. The van der Waals surface area contributed by atoms with Crippen LogP contribution in [0, 0.1) is 10.1 Å². The van der Waals surface area contributed by atoms with Crippen LogP contribution in [0.3, 0.4) is 0 Å². The van der Waals surface area contributed by atoms with E-state index < -0.39 is 38.7 Å². The molecule has 2 aliphatic rings. The maximum absolute atomic E-state index is 13.1. The maximum atomic E-state index is 13.1. The minimum atomic E-state index is -4.08. The van der Waals surface area contributed by atoms with Crippen molar-refractivity contribution in [1.82, 2.24) is 4.31 Å². The number of ether oxygens (including phenoxy) is 2. The molecule has 0 fully saturated rings. The molecule has 2 heterocycles. The third-order valence-electron chi connectivity index (χ3n) is 4.76. The van der Waals surface area contributed by atoms with Crippen LogP contribution in [-0.2, 0) is 24.3 Å². The van der Waals surface area contributed by atoms with Crippen LogP contribution >= 0.6 is 0 Å². The molecule has 0 radical (unpaired) electrons. The summed E-state index contributed by atoms with van der Waals surface area (Å²) >= 11 is 0. The molecular formula is C19H22N2O7S. The summed E-state index contributed by atoms with van der Waals surface area (Å²) in [4.78, 5) is 21.5. The van der Waals surface area contributed by atoms with E-state index in [1.165, 1.54) is 35.5 Å². The van der Waals surface area contributed by atoms with Crippen molar-refractivity contribution in [2.75, 3.05) is 13.2 Å². The van der Waals surface area contributed by atoms with Crippen LogP contribution in [0.5, 0.6) is 0 Å². The highest BCUT2D eigenvalue weighted by atomic mass is 32.2. The largest absolute Gasteiger partial charge is 0.458 e. The summed E-state index contributed by atoms with van der Waals surface area (Å²) in [5.41, 5.74) is -0.456. The summed E-state index contributed by atoms with van der Waals surface area (Å²) in [6, 6.07) is 4.79. The van der Waals surface area contributed by atoms with Crippen LogP contribution in [0.25, 0.3) is 0 Å². The number of esters is 1. The summed E-state index contributed by atoms with van der Waals surface area (Å²) in [6.07, 6.45) is 6.96. The first-order valence-electron chi connectivity index (χ1n) is 9.16.